The van der Waals surface area contributed by atoms with Gasteiger partial charge >= 0.3 is 0 Å². The van der Waals surface area contributed by atoms with Crippen molar-refractivity contribution >= 4 is 23.4 Å². The predicted molar refractivity (Wildman–Crippen MR) is 118 cm³/mol. The smallest absolute Gasteiger partial charge is 0.234 e. The first kappa shape index (κ1) is 21.7. The van der Waals surface area contributed by atoms with Gasteiger partial charge in [-0.2, -0.15) is 0 Å². The highest BCUT2D eigenvalue weighted by molar-refractivity contribution is 7.99. The van der Waals surface area contributed by atoms with Crippen LogP contribution in [0, 0.1) is 20.8 Å². The number of rotatable bonds is 8. The topological polar surface area (TPSA) is 78.3 Å². The highest BCUT2D eigenvalue weighted by Crippen LogP contribution is 2.23. The number of aromatic nitrogens is 3. The minimum absolute atomic E-state index is 0.0749. The molecule has 1 aromatic heterocycles. The van der Waals surface area contributed by atoms with Crippen LogP contribution in [-0.4, -0.2) is 33.5 Å². The third-order valence-electron chi connectivity index (χ3n) is 4.63. The molecule has 1 N–H and O–H groups in total. The highest BCUT2D eigenvalue weighted by Gasteiger charge is 2.13. The zero-order valence-electron chi connectivity index (χ0n) is 17.9. The molecule has 0 fully saturated rings. The number of methoxy groups -OCH3 is 1. The Labute approximate surface area is 180 Å². The van der Waals surface area contributed by atoms with E-state index in [0.29, 0.717) is 11.0 Å². The van der Waals surface area contributed by atoms with Crippen LogP contribution in [0.1, 0.15) is 22.5 Å². The van der Waals surface area contributed by atoms with Gasteiger partial charge in [0, 0.05) is 12.7 Å². The Hall–Kier alpha value is -3.00. The van der Waals surface area contributed by atoms with Crippen LogP contribution >= 0.6 is 11.8 Å². The average molecular weight is 427 g/mol. The molecule has 1 heterocycles. The van der Waals surface area contributed by atoms with Crippen LogP contribution in [0.5, 0.6) is 11.5 Å². The van der Waals surface area contributed by atoms with Gasteiger partial charge in [-0.05, 0) is 56.2 Å². The molecule has 158 valence electrons. The summed E-state index contributed by atoms with van der Waals surface area (Å²) in [6.45, 7) is 6.33. The molecular weight excluding hydrogens is 400 g/mol. The molecule has 1 amide bonds. The predicted octanol–water partition coefficient (Wildman–Crippen LogP) is 4.06. The average Bonchev–Trinajstić information content (AvgIpc) is 3.07. The summed E-state index contributed by atoms with van der Waals surface area (Å²) in [5.41, 5.74) is 4.17. The Morgan fingerprint density at radius 3 is 2.33 bits per heavy atom. The molecule has 0 aliphatic heterocycles. The van der Waals surface area contributed by atoms with E-state index in [-0.39, 0.29) is 18.3 Å². The fourth-order valence-electron chi connectivity index (χ4n) is 3.10. The van der Waals surface area contributed by atoms with E-state index in [1.807, 2.05) is 56.7 Å². The number of carbonyl (C=O) groups excluding carboxylic acids is 1. The van der Waals surface area contributed by atoms with Crippen molar-refractivity contribution in [3.05, 3.63) is 58.9 Å². The van der Waals surface area contributed by atoms with Gasteiger partial charge < -0.3 is 19.4 Å². The fourth-order valence-corrected chi connectivity index (χ4v) is 3.83. The number of ether oxygens (including phenoxy) is 2. The van der Waals surface area contributed by atoms with Crippen LogP contribution in [0.4, 0.5) is 5.69 Å². The quantitative estimate of drug-likeness (QED) is 0.548. The van der Waals surface area contributed by atoms with Crippen molar-refractivity contribution in [2.24, 2.45) is 7.05 Å². The first-order valence-corrected chi connectivity index (χ1v) is 10.5. The molecule has 7 nitrogen and oxygen atoms in total. The summed E-state index contributed by atoms with van der Waals surface area (Å²) in [5, 5.41) is 12.0. The Morgan fingerprint density at radius 1 is 1.07 bits per heavy atom. The number of nitrogens with zero attached hydrogens (tertiary/aromatic N) is 3. The molecule has 0 spiro atoms. The summed E-state index contributed by atoms with van der Waals surface area (Å²) in [4.78, 5) is 12.4. The van der Waals surface area contributed by atoms with Crippen LogP contribution in [0.2, 0.25) is 0 Å². The van der Waals surface area contributed by atoms with E-state index < -0.39 is 0 Å². The molecule has 3 rings (SSSR count). The molecule has 0 atom stereocenters. The van der Waals surface area contributed by atoms with Crippen molar-refractivity contribution < 1.29 is 14.3 Å². The van der Waals surface area contributed by atoms with Gasteiger partial charge in [0.1, 0.15) is 18.1 Å². The van der Waals surface area contributed by atoms with Crippen LogP contribution in [-0.2, 0) is 18.4 Å². The van der Waals surface area contributed by atoms with Crippen molar-refractivity contribution in [2.45, 2.75) is 32.5 Å². The van der Waals surface area contributed by atoms with Crippen LogP contribution in [0.3, 0.4) is 0 Å². The van der Waals surface area contributed by atoms with Gasteiger partial charge in [0.2, 0.25) is 5.91 Å². The summed E-state index contributed by atoms with van der Waals surface area (Å²) in [5.74, 6) is 2.34. The minimum atomic E-state index is -0.0749. The van der Waals surface area contributed by atoms with Gasteiger partial charge in [0.05, 0.1) is 12.9 Å². The number of hydrogen-bond acceptors (Lipinski definition) is 6. The Bertz CT molecular complexity index is 1010. The van der Waals surface area contributed by atoms with Crippen LogP contribution in [0.15, 0.2) is 41.6 Å². The Balaban J connectivity index is 1.55. The lowest BCUT2D eigenvalue weighted by Gasteiger charge is -2.12. The van der Waals surface area contributed by atoms with E-state index in [1.165, 1.54) is 17.3 Å². The summed E-state index contributed by atoms with van der Waals surface area (Å²) < 4.78 is 12.7. The zero-order chi connectivity index (χ0) is 21.7. The molecule has 3 aromatic rings. The summed E-state index contributed by atoms with van der Waals surface area (Å²) in [6.07, 6.45) is 0. The molecule has 0 saturated heterocycles. The normalized spacial score (nSPS) is 10.7. The molecule has 0 aliphatic rings. The van der Waals surface area contributed by atoms with E-state index >= 15 is 0 Å². The van der Waals surface area contributed by atoms with Gasteiger partial charge in [-0.3, -0.25) is 4.79 Å². The molecule has 30 heavy (non-hydrogen) atoms. The molecule has 0 radical (unpaired) electrons. The number of thioether (sulfide) groups is 1. The number of aryl methyl sites for hydroxylation is 3. The number of hydrogen-bond donors (Lipinski definition) is 1. The van der Waals surface area contributed by atoms with Crippen molar-refractivity contribution in [1.29, 1.82) is 0 Å². The van der Waals surface area contributed by atoms with Crippen LogP contribution in [0.25, 0.3) is 0 Å². The number of nitrogens with one attached hydrogen (secondary N) is 1. The second kappa shape index (κ2) is 9.67. The standard InChI is InChI=1S/C22H26N4O3S/c1-14-10-15(2)21(16(3)11-14)23-20(27)13-30-22-25-24-19(26(22)4)12-29-18-8-6-17(28-5)7-9-18/h6-11H,12-13H2,1-5H3,(H,23,27). The molecule has 0 bridgehead atoms. The van der Waals surface area contributed by atoms with Gasteiger partial charge in [-0.25, -0.2) is 0 Å². The van der Waals surface area contributed by atoms with Crippen molar-refractivity contribution in [3.63, 3.8) is 0 Å². The van der Waals surface area contributed by atoms with Gasteiger partial charge in [-0.15, -0.1) is 10.2 Å². The summed E-state index contributed by atoms with van der Waals surface area (Å²) >= 11 is 1.34. The maximum atomic E-state index is 12.4. The number of carbonyl (C=O) groups is 1. The molecular formula is C22H26N4O3S. The molecule has 0 unspecified atom stereocenters. The lowest BCUT2D eigenvalue weighted by molar-refractivity contribution is -0.113. The van der Waals surface area contributed by atoms with Gasteiger partial charge in [-0.1, -0.05) is 29.5 Å². The SMILES string of the molecule is COc1ccc(OCc2nnc(SCC(=O)Nc3c(C)cc(C)cc3C)n2C)cc1. The Morgan fingerprint density at radius 2 is 1.70 bits per heavy atom. The number of amides is 1. The maximum Gasteiger partial charge on any atom is 0.234 e. The van der Waals surface area contributed by atoms with E-state index in [9.17, 15) is 4.79 Å². The molecule has 0 aliphatic carbocycles. The van der Waals surface area contributed by atoms with E-state index in [2.05, 4.69) is 27.6 Å². The van der Waals surface area contributed by atoms with Crippen LogP contribution < -0.4 is 14.8 Å². The van der Waals surface area contributed by atoms with Gasteiger partial charge in [0.25, 0.3) is 0 Å². The van der Waals surface area contributed by atoms with E-state index in [4.69, 9.17) is 9.47 Å². The number of anilines is 1. The largest absolute Gasteiger partial charge is 0.497 e. The van der Waals surface area contributed by atoms with E-state index in [1.54, 1.807) is 7.11 Å². The monoisotopic (exact) mass is 426 g/mol. The first-order chi connectivity index (χ1) is 14.4. The zero-order valence-corrected chi connectivity index (χ0v) is 18.7. The third-order valence-corrected chi connectivity index (χ3v) is 5.65. The van der Waals surface area contributed by atoms with Crippen molar-refractivity contribution in [1.82, 2.24) is 14.8 Å². The second-order valence-corrected chi connectivity index (χ2v) is 7.98. The van der Waals surface area contributed by atoms with Crippen molar-refractivity contribution in [3.8, 4) is 11.5 Å². The molecule has 8 heteroatoms. The van der Waals surface area contributed by atoms with Gasteiger partial charge in [0.15, 0.2) is 11.0 Å². The molecule has 2 aromatic carbocycles. The second-order valence-electron chi connectivity index (χ2n) is 7.03. The molecule has 0 saturated carbocycles. The first-order valence-electron chi connectivity index (χ1n) is 9.53. The third kappa shape index (κ3) is 5.33. The minimum Gasteiger partial charge on any atom is -0.497 e. The number of benzene rings is 2. The van der Waals surface area contributed by atoms with Crippen molar-refractivity contribution in [2.75, 3.05) is 18.2 Å². The summed E-state index contributed by atoms with van der Waals surface area (Å²) in [6, 6.07) is 11.5. The van der Waals surface area contributed by atoms with E-state index in [0.717, 1.165) is 28.3 Å². The summed E-state index contributed by atoms with van der Waals surface area (Å²) in [7, 11) is 3.49. The lowest BCUT2D eigenvalue weighted by atomic mass is 10.1. The Kier molecular flexibility index (Phi) is 6.99. The lowest BCUT2D eigenvalue weighted by Crippen LogP contribution is -2.16. The maximum absolute atomic E-state index is 12.4. The fraction of sp³-hybridized carbons (Fsp3) is 0.318. The highest BCUT2D eigenvalue weighted by atomic mass is 32.2.